The van der Waals surface area contributed by atoms with E-state index in [0.717, 1.165) is 18.7 Å². The zero-order valence-corrected chi connectivity index (χ0v) is 14.3. The third-order valence-electron chi connectivity index (χ3n) is 4.01. The van der Waals surface area contributed by atoms with Gasteiger partial charge in [0.1, 0.15) is 4.90 Å². The topological polar surface area (TPSA) is 89.4 Å². The Balaban J connectivity index is 1.76. The van der Waals surface area contributed by atoms with Crippen LogP contribution in [0.5, 0.6) is 0 Å². The van der Waals surface area contributed by atoms with Crippen molar-refractivity contribution in [2.24, 2.45) is 7.05 Å². The standard InChI is InChI=1S/C15H21N5O3S/c1-19-12-14(10-17-19)24(21,22)18-11-15(13-3-2-4-16-9-13)20-5-7-23-8-6-20/h2-4,9-10,12,15,18H,5-8,11H2,1H3. The van der Waals surface area contributed by atoms with Crippen molar-refractivity contribution < 1.29 is 13.2 Å². The van der Waals surface area contributed by atoms with Gasteiger partial charge < -0.3 is 4.74 Å². The Kier molecular flexibility index (Phi) is 5.24. The molecule has 0 amide bonds. The number of nitrogens with zero attached hydrogens (tertiary/aromatic N) is 4. The monoisotopic (exact) mass is 351 g/mol. The lowest BCUT2D eigenvalue weighted by molar-refractivity contribution is 0.0171. The molecule has 130 valence electrons. The van der Waals surface area contributed by atoms with Crippen LogP contribution in [0.25, 0.3) is 0 Å². The molecule has 3 heterocycles. The maximum atomic E-state index is 12.4. The maximum absolute atomic E-state index is 12.4. The summed E-state index contributed by atoms with van der Waals surface area (Å²) in [6.45, 7) is 3.07. The van der Waals surface area contributed by atoms with E-state index in [0.29, 0.717) is 13.2 Å². The molecule has 0 bridgehead atoms. The molecule has 3 rings (SSSR count). The second kappa shape index (κ2) is 7.39. The van der Waals surface area contributed by atoms with Crippen molar-refractivity contribution >= 4 is 10.0 Å². The number of aromatic nitrogens is 3. The van der Waals surface area contributed by atoms with E-state index < -0.39 is 10.0 Å². The van der Waals surface area contributed by atoms with Gasteiger partial charge in [-0.15, -0.1) is 0 Å². The van der Waals surface area contributed by atoms with Crippen molar-refractivity contribution in [3.05, 3.63) is 42.5 Å². The molecule has 0 saturated carbocycles. The molecule has 1 aliphatic rings. The average Bonchev–Trinajstić information content (AvgIpc) is 3.04. The van der Waals surface area contributed by atoms with E-state index in [1.54, 1.807) is 19.4 Å². The van der Waals surface area contributed by atoms with Gasteiger partial charge in [0.15, 0.2) is 0 Å². The third-order valence-corrected chi connectivity index (χ3v) is 5.39. The molecule has 2 aromatic heterocycles. The van der Waals surface area contributed by atoms with Crippen molar-refractivity contribution in [2.45, 2.75) is 10.9 Å². The summed E-state index contributed by atoms with van der Waals surface area (Å²) in [5.74, 6) is 0. The molecule has 1 fully saturated rings. The minimum Gasteiger partial charge on any atom is -0.379 e. The lowest BCUT2D eigenvalue weighted by atomic mass is 10.1. The fourth-order valence-electron chi connectivity index (χ4n) is 2.73. The van der Waals surface area contributed by atoms with Crippen LogP contribution in [0.4, 0.5) is 0 Å². The van der Waals surface area contributed by atoms with Gasteiger partial charge in [0, 0.05) is 45.3 Å². The summed E-state index contributed by atoms with van der Waals surface area (Å²) < 4.78 is 34.4. The van der Waals surface area contributed by atoms with E-state index >= 15 is 0 Å². The van der Waals surface area contributed by atoms with Crippen LogP contribution in [0, 0.1) is 0 Å². The molecular formula is C15H21N5O3S. The maximum Gasteiger partial charge on any atom is 0.243 e. The van der Waals surface area contributed by atoms with Gasteiger partial charge >= 0.3 is 0 Å². The van der Waals surface area contributed by atoms with E-state index in [1.165, 1.54) is 17.1 Å². The molecule has 9 heteroatoms. The molecule has 1 saturated heterocycles. The van der Waals surface area contributed by atoms with Gasteiger partial charge in [-0.1, -0.05) is 6.07 Å². The van der Waals surface area contributed by atoms with Gasteiger partial charge in [-0.2, -0.15) is 5.10 Å². The molecule has 24 heavy (non-hydrogen) atoms. The lowest BCUT2D eigenvalue weighted by Crippen LogP contribution is -2.43. The van der Waals surface area contributed by atoms with Crippen molar-refractivity contribution in [3.63, 3.8) is 0 Å². The molecule has 8 nitrogen and oxygen atoms in total. The largest absolute Gasteiger partial charge is 0.379 e. The van der Waals surface area contributed by atoms with Crippen molar-refractivity contribution in [1.29, 1.82) is 0 Å². The number of rotatable bonds is 6. The predicted molar refractivity (Wildman–Crippen MR) is 87.8 cm³/mol. The molecule has 1 unspecified atom stereocenters. The second-order valence-electron chi connectivity index (χ2n) is 5.65. The first-order chi connectivity index (χ1) is 11.6. The number of hydrogen-bond acceptors (Lipinski definition) is 6. The number of hydrogen-bond donors (Lipinski definition) is 1. The van der Waals surface area contributed by atoms with Crippen LogP contribution in [0.3, 0.4) is 0 Å². The highest BCUT2D eigenvalue weighted by Crippen LogP contribution is 2.21. The van der Waals surface area contributed by atoms with Crippen LogP contribution in [0.1, 0.15) is 11.6 Å². The Labute approximate surface area is 141 Å². The molecule has 0 spiro atoms. The van der Waals surface area contributed by atoms with Crippen molar-refractivity contribution in [1.82, 2.24) is 24.4 Å². The Hall–Kier alpha value is -1.81. The van der Waals surface area contributed by atoms with Crippen molar-refractivity contribution in [3.8, 4) is 0 Å². The van der Waals surface area contributed by atoms with Crippen LogP contribution >= 0.6 is 0 Å². The van der Waals surface area contributed by atoms with Crippen molar-refractivity contribution in [2.75, 3.05) is 32.8 Å². The number of aryl methyl sites for hydroxylation is 1. The third kappa shape index (κ3) is 3.99. The second-order valence-corrected chi connectivity index (χ2v) is 7.42. The van der Waals surface area contributed by atoms with Gasteiger partial charge in [0.2, 0.25) is 10.0 Å². The molecule has 1 N–H and O–H groups in total. The highest BCUT2D eigenvalue weighted by atomic mass is 32.2. The highest BCUT2D eigenvalue weighted by molar-refractivity contribution is 7.89. The number of ether oxygens (including phenoxy) is 1. The summed E-state index contributed by atoms with van der Waals surface area (Å²) in [4.78, 5) is 6.54. The van der Waals surface area contributed by atoms with Gasteiger partial charge in [0.05, 0.1) is 25.5 Å². The summed E-state index contributed by atoms with van der Waals surface area (Å²) >= 11 is 0. The Bertz CT molecular complexity index is 756. The molecule has 0 aromatic carbocycles. The number of nitrogens with one attached hydrogen (secondary N) is 1. The van der Waals surface area contributed by atoms with Crippen LogP contribution < -0.4 is 4.72 Å². The van der Waals surface area contributed by atoms with Gasteiger partial charge in [-0.05, 0) is 11.6 Å². The minimum absolute atomic E-state index is 0.0888. The first kappa shape index (κ1) is 17.0. The average molecular weight is 351 g/mol. The van der Waals surface area contributed by atoms with Crippen LogP contribution in [0.15, 0.2) is 41.8 Å². The molecule has 0 radical (unpaired) electrons. The first-order valence-electron chi connectivity index (χ1n) is 7.76. The first-order valence-corrected chi connectivity index (χ1v) is 9.24. The fraction of sp³-hybridized carbons (Fsp3) is 0.467. The normalized spacial score (nSPS) is 17.7. The number of morpholine rings is 1. The summed E-state index contributed by atoms with van der Waals surface area (Å²) in [5, 5.41) is 3.92. The van der Waals surface area contributed by atoms with Gasteiger partial charge in [0.25, 0.3) is 0 Å². The minimum atomic E-state index is -3.59. The van der Waals surface area contributed by atoms with Crippen LogP contribution in [-0.4, -0.2) is 60.9 Å². The predicted octanol–water partition coefficient (Wildman–Crippen LogP) is 0.167. The fourth-order valence-corrected chi connectivity index (χ4v) is 3.75. The van der Waals surface area contributed by atoms with Gasteiger partial charge in [-0.25, -0.2) is 13.1 Å². The SMILES string of the molecule is Cn1cc(S(=O)(=O)NCC(c2cccnc2)N2CCOCC2)cn1. The van der Waals surface area contributed by atoms with Crippen LogP contribution in [0.2, 0.25) is 0 Å². The Morgan fingerprint density at radius 2 is 2.12 bits per heavy atom. The number of pyridine rings is 1. The van der Waals surface area contributed by atoms with Crippen LogP contribution in [-0.2, 0) is 21.8 Å². The summed E-state index contributed by atoms with van der Waals surface area (Å²) in [6, 6.07) is 3.73. The van der Waals surface area contributed by atoms with E-state index in [-0.39, 0.29) is 17.5 Å². The van der Waals surface area contributed by atoms with E-state index in [4.69, 9.17) is 4.74 Å². The quantitative estimate of drug-likeness (QED) is 0.798. The summed E-state index contributed by atoms with van der Waals surface area (Å²) in [6.07, 6.45) is 6.31. The molecule has 1 aliphatic heterocycles. The van der Waals surface area contributed by atoms with E-state index in [2.05, 4.69) is 19.7 Å². The molecule has 2 aromatic rings. The highest BCUT2D eigenvalue weighted by Gasteiger charge is 2.25. The number of sulfonamides is 1. The Morgan fingerprint density at radius 3 is 2.75 bits per heavy atom. The zero-order valence-electron chi connectivity index (χ0n) is 13.5. The lowest BCUT2D eigenvalue weighted by Gasteiger charge is -2.34. The molecule has 1 atom stereocenters. The summed E-state index contributed by atoms with van der Waals surface area (Å²) in [7, 11) is -1.91. The van der Waals surface area contributed by atoms with E-state index in [1.807, 2.05) is 12.1 Å². The Morgan fingerprint density at radius 1 is 1.33 bits per heavy atom. The molecule has 0 aliphatic carbocycles. The molecular weight excluding hydrogens is 330 g/mol. The van der Waals surface area contributed by atoms with E-state index in [9.17, 15) is 8.42 Å². The summed E-state index contributed by atoms with van der Waals surface area (Å²) in [5.41, 5.74) is 0.980. The zero-order chi connectivity index (χ0) is 17.0. The smallest absolute Gasteiger partial charge is 0.243 e. The van der Waals surface area contributed by atoms with Gasteiger partial charge in [-0.3, -0.25) is 14.6 Å².